The summed E-state index contributed by atoms with van der Waals surface area (Å²) in [6, 6.07) is 6.90. The Morgan fingerprint density at radius 3 is 2.71 bits per heavy atom. The van der Waals surface area contributed by atoms with Gasteiger partial charge in [-0.25, -0.2) is 0 Å². The molecule has 0 radical (unpaired) electrons. The van der Waals surface area contributed by atoms with Crippen LogP contribution in [0.1, 0.15) is 42.0 Å². The number of benzene rings is 1. The van der Waals surface area contributed by atoms with Gasteiger partial charge in [0.2, 0.25) is 5.89 Å². The zero-order valence-corrected chi connectivity index (χ0v) is 14.0. The minimum atomic E-state index is 0.294. The number of nitrogens with one attached hydrogen (secondary N) is 1. The van der Waals surface area contributed by atoms with E-state index < -0.39 is 0 Å². The summed E-state index contributed by atoms with van der Waals surface area (Å²) >= 11 is 1.61. The normalized spacial score (nSPS) is 12.6. The molecule has 0 aliphatic carbocycles. The van der Waals surface area contributed by atoms with Gasteiger partial charge in [0.1, 0.15) is 0 Å². The fourth-order valence-corrected chi connectivity index (χ4v) is 3.09. The van der Waals surface area contributed by atoms with Gasteiger partial charge < -0.3 is 9.73 Å². The van der Waals surface area contributed by atoms with Gasteiger partial charge in [-0.2, -0.15) is 0 Å². The minimum absolute atomic E-state index is 0.294. The second-order valence-corrected chi connectivity index (χ2v) is 6.24. The lowest BCUT2D eigenvalue weighted by molar-refractivity contribution is 0.428. The van der Waals surface area contributed by atoms with Gasteiger partial charge in [0.05, 0.1) is 0 Å². The average molecular weight is 305 g/mol. The first kappa shape index (κ1) is 16.0. The van der Waals surface area contributed by atoms with E-state index in [0.717, 1.165) is 18.7 Å². The first-order valence-corrected chi connectivity index (χ1v) is 8.32. The van der Waals surface area contributed by atoms with Gasteiger partial charge in [-0.1, -0.05) is 42.4 Å². The third kappa shape index (κ3) is 4.58. The Morgan fingerprint density at radius 2 is 2.05 bits per heavy atom. The second kappa shape index (κ2) is 7.61. The SMILES string of the molecule is CCCNC(CSc1nnc(C)o1)c1cc(C)ccc1C. The first-order chi connectivity index (χ1) is 10.1. The summed E-state index contributed by atoms with van der Waals surface area (Å²) in [7, 11) is 0. The highest BCUT2D eigenvalue weighted by atomic mass is 32.2. The van der Waals surface area contributed by atoms with Gasteiger partial charge in [0.25, 0.3) is 5.22 Å². The fraction of sp³-hybridized carbons (Fsp3) is 0.500. The highest BCUT2D eigenvalue weighted by molar-refractivity contribution is 7.99. The van der Waals surface area contributed by atoms with E-state index in [9.17, 15) is 0 Å². The predicted molar refractivity (Wildman–Crippen MR) is 86.7 cm³/mol. The van der Waals surface area contributed by atoms with E-state index in [0.29, 0.717) is 17.2 Å². The van der Waals surface area contributed by atoms with E-state index in [2.05, 4.69) is 54.5 Å². The van der Waals surface area contributed by atoms with Crippen molar-refractivity contribution >= 4 is 11.8 Å². The molecule has 1 heterocycles. The number of hydrogen-bond donors (Lipinski definition) is 1. The van der Waals surface area contributed by atoms with Crippen LogP contribution in [0, 0.1) is 20.8 Å². The number of aryl methyl sites for hydroxylation is 3. The standard InChI is InChI=1S/C16H23N3OS/c1-5-8-17-15(10-21-16-19-18-13(4)20-16)14-9-11(2)6-7-12(14)3/h6-7,9,15,17H,5,8,10H2,1-4H3. The molecule has 1 unspecified atom stereocenters. The third-order valence-electron chi connectivity index (χ3n) is 3.33. The van der Waals surface area contributed by atoms with Gasteiger partial charge in [-0.3, -0.25) is 0 Å². The Labute approximate surface area is 130 Å². The Morgan fingerprint density at radius 1 is 1.24 bits per heavy atom. The van der Waals surface area contributed by atoms with E-state index in [-0.39, 0.29) is 0 Å². The molecule has 21 heavy (non-hydrogen) atoms. The smallest absolute Gasteiger partial charge is 0.276 e. The molecule has 4 nitrogen and oxygen atoms in total. The Kier molecular flexibility index (Phi) is 5.82. The van der Waals surface area contributed by atoms with E-state index in [4.69, 9.17) is 4.42 Å². The molecular weight excluding hydrogens is 282 g/mol. The van der Waals surface area contributed by atoms with Crippen LogP contribution in [0.25, 0.3) is 0 Å². The van der Waals surface area contributed by atoms with Crippen LogP contribution in [0.3, 0.4) is 0 Å². The summed E-state index contributed by atoms with van der Waals surface area (Å²) in [4.78, 5) is 0. The number of nitrogens with zero attached hydrogens (tertiary/aromatic N) is 2. The third-order valence-corrected chi connectivity index (χ3v) is 4.24. The van der Waals surface area contributed by atoms with Crippen molar-refractivity contribution in [2.24, 2.45) is 0 Å². The van der Waals surface area contributed by atoms with Gasteiger partial charge in [-0.15, -0.1) is 10.2 Å². The molecule has 0 fully saturated rings. The van der Waals surface area contributed by atoms with Crippen molar-refractivity contribution < 1.29 is 4.42 Å². The van der Waals surface area contributed by atoms with Gasteiger partial charge in [0.15, 0.2) is 0 Å². The first-order valence-electron chi connectivity index (χ1n) is 7.33. The molecule has 1 atom stereocenters. The van der Waals surface area contributed by atoms with Crippen molar-refractivity contribution in [3.05, 3.63) is 40.8 Å². The zero-order chi connectivity index (χ0) is 15.2. The molecule has 2 aromatic rings. The van der Waals surface area contributed by atoms with Crippen LogP contribution in [-0.2, 0) is 0 Å². The van der Waals surface area contributed by atoms with Crippen molar-refractivity contribution in [3.8, 4) is 0 Å². The van der Waals surface area contributed by atoms with Crippen LogP contribution in [0.15, 0.2) is 27.8 Å². The summed E-state index contributed by atoms with van der Waals surface area (Å²) in [6.07, 6.45) is 1.12. The molecule has 1 aromatic heterocycles. The lowest BCUT2D eigenvalue weighted by atomic mass is 10.00. The predicted octanol–water partition coefficient (Wildman–Crippen LogP) is 3.83. The highest BCUT2D eigenvalue weighted by Gasteiger charge is 2.15. The summed E-state index contributed by atoms with van der Waals surface area (Å²) < 4.78 is 5.44. The van der Waals surface area contributed by atoms with Crippen LogP contribution in [0.5, 0.6) is 0 Å². The summed E-state index contributed by atoms with van der Waals surface area (Å²) in [6.45, 7) is 9.29. The maximum atomic E-state index is 5.44. The fourth-order valence-electron chi connectivity index (χ4n) is 2.20. The molecule has 0 spiro atoms. The molecule has 1 aromatic carbocycles. The highest BCUT2D eigenvalue weighted by Crippen LogP contribution is 2.26. The zero-order valence-electron chi connectivity index (χ0n) is 13.1. The molecule has 114 valence electrons. The molecule has 0 aliphatic heterocycles. The Bertz CT molecular complexity index is 583. The lowest BCUT2D eigenvalue weighted by Gasteiger charge is -2.20. The van der Waals surface area contributed by atoms with E-state index in [1.165, 1.54) is 16.7 Å². The monoisotopic (exact) mass is 305 g/mol. The van der Waals surface area contributed by atoms with E-state index >= 15 is 0 Å². The van der Waals surface area contributed by atoms with Crippen LogP contribution < -0.4 is 5.32 Å². The Balaban J connectivity index is 2.11. The van der Waals surface area contributed by atoms with Crippen molar-refractivity contribution in [1.82, 2.24) is 15.5 Å². The quantitative estimate of drug-likeness (QED) is 0.788. The molecular formula is C16H23N3OS. The largest absolute Gasteiger partial charge is 0.416 e. The maximum Gasteiger partial charge on any atom is 0.276 e. The van der Waals surface area contributed by atoms with Crippen molar-refractivity contribution in [1.29, 1.82) is 0 Å². The Hall–Kier alpha value is -1.33. The number of thioether (sulfide) groups is 1. The molecule has 0 bridgehead atoms. The van der Waals surface area contributed by atoms with Crippen LogP contribution in [-0.4, -0.2) is 22.5 Å². The average Bonchev–Trinajstić information content (AvgIpc) is 2.88. The molecule has 2 rings (SSSR count). The van der Waals surface area contributed by atoms with Gasteiger partial charge in [0, 0.05) is 18.7 Å². The number of hydrogen-bond acceptors (Lipinski definition) is 5. The molecule has 0 saturated heterocycles. The molecule has 1 N–H and O–H groups in total. The summed E-state index contributed by atoms with van der Waals surface area (Å²) in [5, 5.41) is 12.2. The summed E-state index contributed by atoms with van der Waals surface area (Å²) in [5.41, 5.74) is 3.96. The molecule has 0 aliphatic rings. The van der Waals surface area contributed by atoms with Crippen LogP contribution in [0.2, 0.25) is 0 Å². The van der Waals surface area contributed by atoms with Crippen LogP contribution in [0.4, 0.5) is 0 Å². The molecule has 0 amide bonds. The topological polar surface area (TPSA) is 51.0 Å². The minimum Gasteiger partial charge on any atom is -0.416 e. The van der Waals surface area contributed by atoms with Gasteiger partial charge >= 0.3 is 0 Å². The summed E-state index contributed by atoms with van der Waals surface area (Å²) in [5.74, 6) is 1.49. The van der Waals surface area contributed by atoms with Gasteiger partial charge in [-0.05, 0) is 37.9 Å². The maximum absolute atomic E-state index is 5.44. The van der Waals surface area contributed by atoms with Crippen molar-refractivity contribution in [3.63, 3.8) is 0 Å². The molecule has 5 heteroatoms. The second-order valence-electron chi connectivity index (χ2n) is 5.26. The number of aromatic nitrogens is 2. The van der Waals surface area contributed by atoms with Crippen molar-refractivity contribution in [2.75, 3.05) is 12.3 Å². The van der Waals surface area contributed by atoms with Crippen LogP contribution >= 0.6 is 11.8 Å². The lowest BCUT2D eigenvalue weighted by Crippen LogP contribution is -2.25. The van der Waals surface area contributed by atoms with E-state index in [1.54, 1.807) is 11.8 Å². The number of rotatable bonds is 7. The van der Waals surface area contributed by atoms with Crippen molar-refractivity contribution in [2.45, 2.75) is 45.4 Å². The van der Waals surface area contributed by atoms with E-state index in [1.807, 2.05) is 6.92 Å². The molecule has 0 saturated carbocycles.